The van der Waals surface area contributed by atoms with Gasteiger partial charge in [0.25, 0.3) is 5.91 Å². The van der Waals surface area contributed by atoms with Gasteiger partial charge in [-0.25, -0.2) is 4.79 Å². The predicted molar refractivity (Wildman–Crippen MR) is 100 cm³/mol. The standard InChI is InChI=1S/C19H27ClN2O4/c1-3-4-5-6-11-19(2)17(24)22(18(25)21-19)12-15(23)13-26-16-9-7-14(20)8-10-16/h7-10,15,23H,3-6,11-13H2,1-2H3,(H,21,25)/t15-,19-/m0/s1. The van der Waals surface area contributed by atoms with E-state index < -0.39 is 17.7 Å². The Morgan fingerprint density at radius 2 is 1.92 bits per heavy atom. The first-order valence-corrected chi connectivity index (χ1v) is 9.44. The molecule has 1 aliphatic rings. The van der Waals surface area contributed by atoms with E-state index in [-0.39, 0.29) is 19.1 Å². The highest BCUT2D eigenvalue weighted by Gasteiger charge is 2.47. The fourth-order valence-electron chi connectivity index (χ4n) is 2.97. The van der Waals surface area contributed by atoms with Crippen molar-refractivity contribution in [3.63, 3.8) is 0 Å². The molecule has 26 heavy (non-hydrogen) atoms. The quantitative estimate of drug-likeness (QED) is 0.480. The molecule has 2 atom stereocenters. The maximum atomic E-state index is 12.6. The SMILES string of the molecule is CCCCCC[C@]1(C)NC(=O)N(C[C@H](O)COc2ccc(Cl)cc2)C1=O. The van der Waals surface area contributed by atoms with Crippen LogP contribution in [0.25, 0.3) is 0 Å². The fraction of sp³-hybridized carbons (Fsp3) is 0.579. The number of amides is 3. The summed E-state index contributed by atoms with van der Waals surface area (Å²) in [5, 5.41) is 13.5. The molecule has 2 N–H and O–H groups in total. The van der Waals surface area contributed by atoms with Crippen LogP contribution in [0.4, 0.5) is 4.79 Å². The number of hydrogen-bond acceptors (Lipinski definition) is 4. The Bertz CT molecular complexity index is 622. The Morgan fingerprint density at radius 3 is 2.58 bits per heavy atom. The molecule has 144 valence electrons. The van der Waals surface area contributed by atoms with Crippen molar-refractivity contribution in [2.45, 2.75) is 57.6 Å². The van der Waals surface area contributed by atoms with E-state index in [1.807, 2.05) is 0 Å². The lowest BCUT2D eigenvalue weighted by Gasteiger charge is -2.22. The van der Waals surface area contributed by atoms with Gasteiger partial charge in [-0.1, -0.05) is 44.2 Å². The average molecular weight is 383 g/mol. The van der Waals surface area contributed by atoms with Crippen LogP contribution in [0.15, 0.2) is 24.3 Å². The van der Waals surface area contributed by atoms with Crippen LogP contribution in [0.3, 0.4) is 0 Å². The molecular formula is C19H27ClN2O4. The Kier molecular flexibility index (Phi) is 7.29. The molecule has 1 aromatic carbocycles. The lowest BCUT2D eigenvalue weighted by Crippen LogP contribution is -2.45. The van der Waals surface area contributed by atoms with E-state index in [4.69, 9.17) is 16.3 Å². The first-order chi connectivity index (χ1) is 12.4. The molecule has 1 saturated heterocycles. The molecule has 3 amide bonds. The van der Waals surface area contributed by atoms with Crippen molar-refractivity contribution in [2.75, 3.05) is 13.2 Å². The number of aliphatic hydroxyl groups excluding tert-OH is 1. The molecule has 1 fully saturated rings. The summed E-state index contributed by atoms with van der Waals surface area (Å²) >= 11 is 5.81. The molecule has 1 aromatic rings. The highest BCUT2D eigenvalue weighted by atomic mass is 35.5. The van der Waals surface area contributed by atoms with Crippen molar-refractivity contribution in [1.29, 1.82) is 0 Å². The number of ether oxygens (including phenoxy) is 1. The van der Waals surface area contributed by atoms with Crippen LogP contribution in [0.1, 0.15) is 46.0 Å². The number of hydrogen-bond donors (Lipinski definition) is 2. The van der Waals surface area contributed by atoms with Gasteiger partial charge in [-0.15, -0.1) is 0 Å². The number of imide groups is 1. The summed E-state index contributed by atoms with van der Waals surface area (Å²) in [6, 6.07) is 6.29. The van der Waals surface area contributed by atoms with Crippen LogP contribution < -0.4 is 10.1 Å². The number of unbranched alkanes of at least 4 members (excludes halogenated alkanes) is 3. The Labute approximate surface area is 159 Å². The maximum absolute atomic E-state index is 12.6. The lowest BCUT2D eigenvalue weighted by atomic mass is 9.94. The summed E-state index contributed by atoms with van der Waals surface area (Å²) in [6.45, 7) is 3.75. The highest BCUT2D eigenvalue weighted by Crippen LogP contribution is 2.24. The van der Waals surface area contributed by atoms with Crippen molar-refractivity contribution in [1.82, 2.24) is 10.2 Å². The number of benzene rings is 1. The second-order valence-corrected chi connectivity index (χ2v) is 7.34. The summed E-state index contributed by atoms with van der Waals surface area (Å²) < 4.78 is 5.47. The molecule has 6 nitrogen and oxygen atoms in total. The molecular weight excluding hydrogens is 356 g/mol. The molecule has 7 heteroatoms. The van der Waals surface area contributed by atoms with Gasteiger partial charge in [0, 0.05) is 5.02 Å². The van der Waals surface area contributed by atoms with Crippen LogP contribution in [0.2, 0.25) is 5.02 Å². The monoisotopic (exact) mass is 382 g/mol. The maximum Gasteiger partial charge on any atom is 0.325 e. The minimum atomic E-state index is -0.970. The van der Waals surface area contributed by atoms with Crippen LogP contribution in [-0.2, 0) is 4.79 Å². The van der Waals surface area contributed by atoms with Crippen LogP contribution in [0.5, 0.6) is 5.75 Å². The minimum Gasteiger partial charge on any atom is -0.491 e. The van der Waals surface area contributed by atoms with Gasteiger partial charge >= 0.3 is 6.03 Å². The molecule has 1 aliphatic heterocycles. The summed E-state index contributed by atoms with van der Waals surface area (Å²) in [5.41, 5.74) is -0.887. The number of carbonyl (C=O) groups is 2. The van der Waals surface area contributed by atoms with Gasteiger partial charge in [-0.05, 0) is 37.6 Å². The second-order valence-electron chi connectivity index (χ2n) is 6.91. The molecule has 0 aromatic heterocycles. The van der Waals surface area contributed by atoms with Crippen molar-refractivity contribution in [3.8, 4) is 5.75 Å². The zero-order chi connectivity index (χ0) is 19.2. The number of carbonyl (C=O) groups excluding carboxylic acids is 2. The average Bonchev–Trinajstić information content (AvgIpc) is 2.82. The topological polar surface area (TPSA) is 78.9 Å². The predicted octanol–water partition coefficient (Wildman–Crippen LogP) is 3.36. The van der Waals surface area contributed by atoms with Gasteiger partial charge in [0.1, 0.15) is 24.0 Å². The molecule has 1 heterocycles. The molecule has 0 unspecified atom stereocenters. The zero-order valence-electron chi connectivity index (χ0n) is 15.3. The number of rotatable bonds is 10. The second kappa shape index (κ2) is 9.24. The van der Waals surface area contributed by atoms with Gasteiger partial charge in [-0.3, -0.25) is 9.69 Å². The summed E-state index contributed by atoms with van der Waals surface area (Å²) in [4.78, 5) is 25.9. The largest absolute Gasteiger partial charge is 0.491 e. The van der Waals surface area contributed by atoms with Gasteiger partial charge < -0.3 is 15.2 Å². The van der Waals surface area contributed by atoms with E-state index in [1.165, 1.54) is 0 Å². The fourth-order valence-corrected chi connectivity index (χ4v) is 3.10. The summed E-state index contributed by atoms with van der Waals surface area (Å²) in [5.74, 6) is 0.274. The molecule has 2 rings (SSSR count). The number of halogens is 1. The molecule has 0 radical (unpaired) electrons. The summed E-state index contributed by atoms with van der Waals surface area (Å²) in [7, 11) is 0. The molecule has 0 bridgehead atoms. The number of β-amino-alcohol motifs (C(OH)–C–C–N with tert-alkyl or cyclic N) is 1. The van der Waals surface area contributed by atoms with E-state index in [9.17, 15) is 14.7 Å². The first-order valence-electron chi connectivity index (χ1n) is 9.06. The van der Waals surface area contributed by atoms with E-state index in [0.717, 1.165) is 30.6 Å². The van der Waals surface area contributed by atoms with Crippen LogP contribution >= 0.6 is 11.6 Å². The number of nitrogens with zero attached hydrogens (tertiary/aromatic N) is 1. The Balaban J connectivity index is 1.84. The van der Waals surface area contributed by atoms with E-state index >= 15 is 0 Å². The zero-order valence-corrected chi connectivity index (χ0v) is 16.1. The molecule has 0 saturated carbocycles. The lowest BCUT2D eigenvalue weighted by molar-refractivity contribution is -0.132. The Morgan fingerprint density at radius 1 is 1.23 bits per heavy atom. The van der Waals surface area contributed by atoms with E-state index in [2.05, 4.69) is 12.2 Å². The van der Waals surface area contributed by atoms with Gasteiger partial charge in [0.15, 0.2) is 0 Å². The number of urea groups is 1. The van der Waals surface area contributed by atoms with Crippen molar-refractivity contribution in [3.05, 3.63) is 29.3 Å². The van der Waals surface area contributed by atoms with Crippen LogP contribution in [0, 0.1) is 0 Å². The van der Waals surface area contributed by atoms with E-state index in [1.54, 1.807) is 31.2 Å². The summed E-state index contributed by atoms with van der Waals surface area (Å²) in [6.07, 6.45) is 3.78. The molecule has 0 aliphatic carbocycles. The smallest absolute Gasteiger partial charge is 0.325 e. The minimum absolute atomic E-state index is 0.0219. The van der Waals surface area contributed by atoms with Crippen LogP contribution in [-0.4, -0.2) is 46.7 Å². The van der Waals surface area contributed by atoms with E-state index in [0.29, 0.717) is 17.2 Å². The molecule has 0 spiro atoms. The first kappa shape index (κ1) is 20.5. The number of nitrogens with one attached hydrogen (secondary N) is 1. The van der Waals surface area contributed by atoms with Crippen molar-refractivity contribution >= 4 is 23.5 Å². The third kappa shape index (κ3) is 5.35. The van der Waals surface area contributed by atoms with Gasteiger partial charge in [-0.2, -0.15) is 0 Å². The number of aliphatic hydroxyl groups is 1. The normalized spacial score (nSPS) is 21.0. The van der Waals surface area contributed by atoms with Crippen molar-refractivity contribution in [2.24, 2.45) is 0 Å². The third-order valence-corrected chi connectivity index (χ3v) is 4.78. The van der Waals surface area contributed by atoms with Gasteiger partial charge in [0.05, 0.1) is 6.54 Å². The third-order valence-electron chi connectivity index (χ3n) is 4.52. The van der Waals surface area contributed by atoms with Crippen molar-refractivity contribution < 1.29 is 19.4 Å². The Hall–Kier alpha value is -1.79. The van der Waals surface area contributed by atoms with Gasteiger partial charge in [0.2, 0.25) is 0 Å². The highest BCUT2D eigenvalue weighted by molar-refractivity contribution is 6.30.